The van der Waals surface area contributed by atoms with E-state index in [1.165, 1.54) is 4.68 Å². The Morgan fingerprint density at radius 2 is 2.00 bits per heavy atom. The van der Waals surface area contributed by atoms with Crippen LogP contribution in [0.15, 0.2) is 36.5 Å². The zero-order valence-electron chi connectivity index (χ0n) is 15.5. The molecule has 9 heteroatoms. The molecule has 0 fully saturated rings. The zero-order chi connectivity index (χ0) is 19.2. The molecule has 0 spiro atoms. The summed E-state index contributed by atoms with van der Waals surface area (Å²) in [5.41, 5.74) is 2.47. The van der Waals surface area contributed by atoms with Gasteiger partial charge in [0.15, 0.2) is 11.5 Å². The van der Waals surface area contributed by atoms with Gasteiger partial charge >= 0.3 is 0 Å². The smallest absolute Gasteiger partial charge is 0.242 e. The molecule has 0 aliphatic rings. The molecular formula is C18H22N6O3. The molecule has 0 aliphatic carbocycles. The van der Waals surface area contributed by atoms with Gasteiger partial charge < -0.3 is 14.8 Å². The van der Waals surface area contributed by atoms with Gasteiger partial charge in [-0.2, -0.15) is 5.10 Å². The van der Waals surface area contributed by atoms with E-state index in [1.807, 2.05) is 44.3 Å². The van der Waals surface area contributed by atoms with Crippen LogP contribution >= 0.6 is 0 Å². The quantitative estimate of drug-likeness (QED) is 0.641. The topological polar surface area (TPSA) is 96.1 Å². The lowest BCUT2D eigenvalue weighted by Gasteiger charge is -2.08. The molecule has 0 bridgehead atoms. The number of rotatable bonds is 8. The molecule has 142 valence electrons. The predicted octanol–water partition coefficient (Wildman–Crippen LogP) is 1.22. The fraction of sp³-hybridized carbons (Fsp3) is 0.333. The van der Waals surface area contributed by atoms with Crippen molar-refractivity contribution in [2.45, 2.75) is 26.6 Å². The van der Waals surface area contributed by atoms with Crippen LogP contribution in [-0.4, -0.2) is 37.8 Å². The van der Waals surface area contributed by atoms with Crippen LogP contribution in [0.3, 0.4) is 0 Å². The number of benzene rings is 1. The van der Waals surface area contributed by atoms with E-state index >= 15 is 0 Å². The van der Waals surface area contributed by atoms with Crippen LogP contribution in [0.2, 0.25) is 0 Å². The lowest BCUT2D eigenvalue weighted by Crippen LogP contribution is -2.27. The number of carbonyl (C=O) groups is 1. The highest BCUT2D eigenvalue weighted by molar-refractivity contribution is 5.75. The highest BCUT2D eigenvalue weighted by atomic mass is 16.5. The van der Waals surface area contributed by atoms with E-state index in [0.29, 0.717) is 23.7 Å². The molecular weight excluding hydrogens is 348 g/mol. The lowest BCUT2D eigenvalue weighted by atomic mass is 10.3. The van der Waals surface area contributed by atoms with Gasteiger partial charge in [-0.1, -0.05) is 17.3 Å². The van der Waals surface area contributed by atoms with Crippen LogP contribution in [0.5, 0.6) is 11.5 Å². The summed E-state index contributed by atoms with van der Waals surface area (Å²) in [4.78, 5) is 12.1. The minimum absolute atomic E-state index is 0.0769. The summed E-state index contributed by atoms with van der Waals surface area (Å²) < 4.78 is 14.2. The van der Waals surface area contributed by atoms with E-state index in [9.17, 15) is 4.79 Å². The lowest BCUT2D eigenvalue weighted by molar-refractivity contribution is -0.122. The van der Waals surface area contributed by atoms with E-state index in [1.54, 1.807) is 18.0 Å². The van der Waals surface area contributed by atoms with E-state index in [2.05, 4.69) is 20.7 Å². The number of carbonyl (C=O) groups excluding carboxylic acids is 1. The Labute approximate surface area is 156 Å². The van der Waals surface area contributed by atoms with Gasteiger partial charge in [0.05, 0.1) is 25.5 Å². The van der Waals surface area contributed by atoms with Crippen molar-refractivity contribution < 1.29 is 14.3 Å². The van der Waals surface area contributed by atoms with Crippen molar-refractivity contribution in [3.63, 3.8) is 0 Å². The molecule has 0 atom stereocenters. The molecule has 2 heterocycles. The molecule has 1 amide bonds. The molecule has 0 aliphatic heterocycles. The Kier molecular flexibility index (Phi) is 5.70. The van der Waals surface area contributed by atoms with Crippen molar-refractivity contribution in [3.05, 3.63) is 53.6 Å². The van der Waals surface area contributed by atoms with E-state index in [-0.39, 0.29) is 19.1 Å². The van der Waals surface area contributed by atoms with Gasteiger partial charge in [-0.3, -0.25) is 9.48 Å². The standard InChI is InChI=1S/C18H22N6O3/c1-13-8-14(21-23(13)2)9-19-18(25)11-24-10-15(20-22-24)12-27-17-7-5-4-6-16(17)26-3/h4-8,10H,9,11-12H2,1-3H3,(H,19,25). The number of hydrogen-bond acceptors (Lipinski definition) is 6. The first-order chi connectivity index (χ1) is 13.0. The van der Waals surface area contributed by atoms with Gasteiger partial charge in [0.1, 0.15) is 18.8 Å². The van der Waals surface area contributed by atoms with Gasteiger partial charge in [0.25, 0.3) is 0 Å². The number of para-hydroxylation sites is 2. The Balaban J connectivity index is 1.49. The van der Waals surface area contributed by atoms with Crippen molar-refractivity contribution in [1.29, 1.82) is 0 Å². The van der Waals surface area contributed by atoms with Gasteiger partial charge in [0, 0.05) is 12.7 Å². The van der Waals surface area contributed by atoms with Crippen LogP contribution in [0.25, 0.3) is 0 Å². The van der Waals surface area contributed by atoms with Gasteiger partial charge in [0.2, 0.25) is 5.91 Å². The van der Waals surface area contributed by atoms with Crippen LogP contribution in [0.1, 0.15) is 17.1 Å². The molecule has 27 heavy (non-hydrogen) atoms. The highest BCUT2D eigenvalue weighted by Gasteiger charge is 2.09. The SMILES string of the molecule is COc1ccccc1OCc1cn(CC(=O)NCc2cc(C)n(C)n2)nn1. The summed E-state index contributed by atoms with van der Waals surface area (Å²) in [6.07, 6.45) is 1.68. The summed E-state index contributed by atoms with van der Waals surface area (Å²) in [6.45, 7) is 2.64. The normalized spacial score (nSPS) is 10.6. The zero-order valence-corrected chi connectivity index (χ0v) is 15.5. The Morgan fingerprint density at radius 1 is 1.22 bits per heavy atom. The predicted molar refractivity (Wildman–Crippen MR) is 97.1 cm³/mol. The molecule has 1 N–H and O–H groups in total. The molecule has 9 nitrogen and oxygen atoms in total. The van der Waals surface area contributed by atoms with Crippen molar-refractivity contribution in [2.24, 2.45) is 7.05 Å². The molecule has 0 saturated carbocycles. The fourth-order valence-corrected chi connectivity index (χ4v) is 2.49. The molecule has 2 aromatic heterocycles. The summed E-state index contributed by atoms with van der Waals surface area (Å²) in [6, 6.07) is 9.30. The Bertz CT molecular complexity index is 898. The molecule has 3 aromatic rings. The van der Waals surface area contributed by atoms with Crippen molar-refractivity contribution in [1.82, 2.24) is 30.1 Å². The third-order valence-corrected chi connectivity index (χ3v) is 3.97. The van der Waals surface area contributed by atoms with Crippen molar-refractivity contribution in [3.8, 4) is 11.5 Å². The van der Waals surface area contributed by atoms with Crippen molar-refractivity contribution in [2.75, 3.05) is 7.11 Å². The number of aromatic nitrogens is 5. The summed E-state index contributed by atoms with van der Waals surface area (Å²) in [7, 11) is 3.45. The second-order valence-electron chi connectivity index (χ2n) is 6.02. The molecule has 0 saturated heterocycles. The third kappa shape index (κ3) is 4.84. The Hall–Kier alpha value is -3.36. The number of amides is 1. The highest BCUT2D eigenvalue weighted by Crippen LogP contribution is 2.26. The number of methoxy groups -OCH3 is 1. The minimum Gasteiger partial charge on any atom is -0.493 e. The third-order valence-electron chi connectivity index (χ3n) is 3.97. The number of ether oxygens (including phenoxy) is 2. The van der Waals surface area contributed by atoms with E-state index in [4.69, 9.17) is 9.47 Å². The van der Waals surface area contributed by atoms with Gasteiger partial charge in [-0.05, 0) is 25.1 Å². The van der Waals surface area contributed by atoms with E-state index < -0.39 is 0 Å². The number of aryl methyl sites for hydroxylation is 2. The first-order valence-electron chi connectivity index (χ1n) is 8.46. The molecule has 1 aromatic carbocycles. The summed E-state index contributed by atoms with van der Waals surface area (Å²) in [5, 5.41) is 15.1. The molecule has 0 unspecified atom stereocenters. The maximum Gasteiger partial charge on any atom is 0.242 e. The number of nitrogens with zero attached hydrogens (tertiary/aromatic N) is 5. The van der Waals surface area contributed by atoms with Gasteiger partial charge in [-0.15, -0.1) is 5.10 Å². The molecule has 0 radical (unpaired) electrons. The van der Waals surface area contributed by atoms with Gasteiger partial charge in [-0.25, -0.2) is 4.68 Å². The Morgan fingerprint density at radius 3 is 2.70 bits per heavy atom. The monoisotopic (exact) mass is 370 g/mol. The van der Waals surface area contributed by atoms with Crippen LogP contribution in [0, 0.1) is 6.92 Å². The van der Waals surface area contributed by atoms with Crippen molar-refractivity contribution >= 4 is 5.91 Å². The van der Waals surface area contributed by atoms with E-state index in [0.717, 1.165) is 11.4 Å². The minimum atomic E-state index is -0.166. The first kappa shape index (κ1) is 18.4. The average molecular weight is 370 g/mol. The average Bonchev–Trinajstić information content (AvgIpc) is 3.24. The fourth-order valence-electron chi connectivity index (χ4n) is 2.49. The van der Waals surface area contributed by atoms with Crippen LogP contribution < -0.4 is 14.8 Å². The largest absolute Gasteiger partial charge is 0.493 e. The summed E-state index contributed by atoms with van der Waals surface area (Å²) in [5.74, 6) is 1.10. The maximum absolute atomic E-state index is 12.1. The molecule has 3 rings (SSSR count). The second kappa shape index (κ2) is 8.35. The number of hydrogen-bond donors (Lipinski definition) is 1. The van der Waals surface area contributed by atoms with Crippen LogP contribution in [-0.2, 0) is 31.5 Å². The van der Waals surface area contributed by atoms with Crippen LogP contribution in [0.4, 0.5) is 0 Å². The maximum atomic E-state index is 12.1. The summed E-state index contributed by atoms with van der Waals surface area (Å²) >= 11 is 0. The number of nitrogens with one attached hydrogen (secondary N) is 1. The second-order valence-corrected chi connectivity index (χ2v) is 6.02. The first-order valence-corrected chi connectivity index (χ1v) is 8.46.